The number of hydrogen-bond donors (Lipinski definition) is 1. The van der Waals surface area contributed by atoms with Crippen LogP contribution in [0.5, 0.6) is 5.75 Å². The number of rotatable bonds is 6. The van der Waals surface area contributed by atoms with E-state index in [0.717, 1.165) is 37.1 Å². The van der Waals surface area contributed by atoms with Gasteiger partial charge in [0.25, 0.3) is 5.91 Å². The Morgan fingerprint density at radius 1 is 1.00 bits per heavy atom. The summed E-state index contributed by atoms with van der Waals surface area (Å²) in [5.74, 6) is -1.72. The van der Waals surface area contributed by atoms with E-state index in [1.54, 1.807) is 30.3 Å². The van der Waals surface area contributed by atoms with Crippen LogP contribution in [0.25, 0.3) is 0 Å². The molecule has 1 amide bonds. The summed E-state index contributed by atoms with van der Waals surface area (Å²) in [5, 5.41) is 2.78. The smallest absolute Gasteiger partial charge is 0.444 e. The number of halogens is 3. The molecule has 2 aromatic carbocycles. The van der Waals surface area contributed by atoms with Crippen LogP contribution in [0, 0.1) is 0 Å². The van der Waals surface area contributed by atoms with Crippen molar-refractivity contribution >= 4 is 11.9 Å². The van der Waals surface area contributed by atoms with Gasteiger partial charge in [0.05, 0.1) is 5.56 Å². The zero-order chi connectivity index (χ0) is 19.4. The molecule has 0 aromatic heterocycles. The van der Waals surface area contributed by atoms with Gasteiger partial charge >= 0.3 is 12.3 Å². The normalized spacial score (nSPS) is 14.9. The molecular formula is C19H16F3NO4. The number of carbonyl (C=O) groups excluding carboxylic acids is 2. The standard InChI is InChI=1S/C19H16F3NO4/c20-19(21,22)27-15-10-6-13(7-11-15)18(25)26-16(12-4-2-1-3-5-12)17(24)23-14-8-9-14/h1-7,10-11,14,16H,8-9H2,(H,23,24)/t16-/m1/s1. The summed E-state index contributed by atoms with van der Waals surface area (Å²) in [7, 11) is 0. The predicted molar refractivity (Wildman–Crippen MR) is 88.9 cm³/mol. The van der Waals surface area contributed by atoms with Gasteiger partial charge in [0.1, 0.15) is 5.75 Å². The van der Waals surface area contributed by atoms with Gasteiger partial charge in [-0.2, -0.15) is 0 Å². The fourth-order valence-electron chi connectivity index (χ4n) is 2.37. The Kier molecular flexibility index (Phi) is 5.34. The quantitative estimate of drug-likeness (QED) is 0.777. The Labute approximate surface area is 153 Å². The molecule has 1 fully saturated rings. The first-order valence-corrected chi connectivity index (χ1v) is 8.24. The molecule has 1 saturated carbocycles. The van der Waals surface area contributed by atoms with Crippen LogP contribution in [0.2, 0.25) is 0 Å². The second kappa shape index (κ2) is 7.69. The van der Waals surface area contributed by atoms with Crippen LogP contribution in [-0.2, 0) is 9.53 Å². The number of benzene rings is 2. The second-order valence-electron chi connectivity index (χ2n) is 6.05. The fraction of sp³-hybridized carbons (Fsp3) is 0.263. The Morgan fingerprint density at radius 2 is 1.63 bits per heavy atom. The minimum absolute atomic E-state index is 0.00433. The number of nitrogens with one attached hydrogen (secondary N) is 1. The lowest BCUT2D eigenvalue weighted by molar-refractivity contribution is -0.274. The van der Waals surface area contributed by atoms with Crippen LogP contribution in [0.1, 0.15) is 34.9 Å². The first-order chi connectivity index (χ1) is 12.8. The average Bonchev–Trinajstić information content (AvgIpc) is 3.43. The first-order valence-electron chi connectivity index (χ1n) is 8.24. The van der Waals surface area contributed by atoms with Gasteiger partial charge < -0.3 is 14.8 Å². The molecule has 0 spiro atoms. The van der Waals surface area contributed by atoms with E-state index in [1.807, 2.05) is 0 Å². The van der Waals surface area contributed by atoms with Crippen LogP contribution < -0.4 is 10.1 Å². The number of carbonyl (C=O) groups is 2. The first kappa shape index (κ1) is 18.8. The molecule has 1 aliphatic rings. The van der Waals surface area contributed by atoms with Gasteiger partial charge in [0.15, 0.2) is 0 Å². The molecule has 0 bridgehead atoms. The van der Waals surface area contributed by atoms with E-state index in [0.29, 0.717) is 5.56 Å². The molecule has 3 rings (SSSR count). The second-order valence-corrected chi connectivity index (χ2v) is 6.05. The van der Waals surface area contributed by atoms with Gasteiger partial charge in [-0.1, -0.05) is 30.3 Å². The zero-order valence-electron chi connectivity index (χ0n) is 14.0. The summed E-state index contributed by atoms with van der Waals surface area (Å²) < 4.78 is 45.7. The van der Waals surface area contributed by atoms with E-state index in [9.17, 15) is 22.8 Å². The van der Waals surface area contributed by atoms with E-state index in [4.69, 9.17) is 4.74 Å². The third-order valence-corrected chi connectivity index (χ3v) is 3.81. The Bertz CT molecular complexity index is 802. The highest BCUT2D eigenvalue weighted by atomic mass is 19.4. The molecular weight excluding hydrogens is 363 g/mol. The van der Waals surface area contributed by atoms with Gasteiger partial charge in [0.2, 0.25) is 6.10 Å². The van der Waals surface area contributed by atoms with Crippen molar-refractivity contribution in [2.24, 2.45) is 0 Å². The molecule has 0 aliphatic heterocycles. The number of ether oxygens (including phenoxy) is 2. The molecule has 0 heterocycles. The highest BCUT2D eigenvalue weighted by Crippen LogP contribution is 2.26. The summed E-state index contributed by atoms with van der Waals surface area (Å²) in [5.41, 5.74) is 0.505. The van der Waals surface area contributed by atoms with Crippen molar-refractivity contribution in [2.75, 3.05) is 0 Å². The number of esters is 1. The van der Waals surface area contributed by atoms with Crippen molar-refractivity contribution in [1.29, 1.82) is 0 Å². The molecule has 2 aromatic rings. The third-order valence-electron chi connectivity index (χ3n) is 3.81. The lowest BCUT2D eigenvalue weighted by Gasteiger charge is -2.18. The monoisotopic (exact) mass is 379 g/mol. The van der Waals surface area contributed by atoms with Crippen molar-refractivity contribution in [3.05, 3.63) is 65.7 Å². The molecule has 0 radical (unpaired) electrons. The van der Waals surface area contributed by atoms with E-state index in [1.165, 1.54) is 0 Å². The minimum Gasteiger partial charge on any atom is -0.444 e. The summed E-state index contributed by atoms with van der Waals surface area (Å²) >= 11 is 0. The van der Waals surface area contributed by atoms with Crippen LogP contribution in [0.3, 0.4) is 0 Å². The van der Waals surface area contributed by atoms with Gasteiger partial charge in [-0.25, -0.2) is 4.79 Å². The van der Waals surface area contributed by atoms with Crippen molar-refractivity contribution in [1.82, 2.24) is 5.32 Å². The van der Waals surface area contributed by atoms with Crippen LogP contribution in [-0.4, -0.2) is 24.3 Å². The Morgan fingerprint density at radius 3 is 2.19 bits per heavy atom. The Hall–Kier alpha value is -3.03. The van der Waals surface area contributed by atoms with Gasteiger partial charge in [-0.3, -0.25) is 4.79 Å². The summed E-state index contributed by atoms with van der Waals surface area (Å²) in [4.78, 5) is 24.8. The highest BCUT2D eigenvalue weighted by molar-refractivity contribution is 5.93. The van der Waals surface area contributed by atoms with Gasteiger partial charge in [-0.05, 0) is 37.1 Å². The molecule has 1 aliphatic carbocycles. The fourth-order valence-corrected chi connectivity index (χ4v) is 2.37. The topological polar surface area (TPSA) is 64.6 Å². The van der Waals surface area contributed by atoms with Gasteiger partial charge in [-0.15, -0.1) is 13.2 Å². The van der Waals surface area contributed by atoms with Gasteiger partial charge in [0, 0.05) is 11.6 Å². The molecule has 5 nitrogen and oxygen atoms in total. The van der Waals surface area contributed by atoms with Crippen LogP contribution in [0.4, 0.5) is 13.2 Å². The molecule has 142 valence electrons. The van der Waals surface area contributed by atoms with Crippen LogP contribution >= 0.6 is 0 Å². The molecule has 1 N–H and O–H groups in total. The van der Waals surface area contributed by atoms with E-state index >= 15 is 0 Å². The lowest BCUT2D eigenvalue weighted by Crippen LogP contribution is -2.33. The summed E-state index contributed by atoms with van der Waals surface area (Å²) in [6.07, 6.45) is -4.21. The maximum Gasteiger partial charge on any atom is 0.573 e. The molecule has 1 atom stereocenters. The molecule has 0 unspecified atom stereocenters. The summed E-state index contributed by atoms with van der Waals surface area (Å²) in [6.45, 7) is 0. The average molecular weight is 379 g/mol. The number of hydrogen-bond acceptors (Lipinski definition) is 4. The van der Waals surface area contributed by atoms with Crippen molar-refractivity contribution in [3.63, 3.8) is 0 Å². The number of alkyl halides is 3. The third kappa shape index (κ3) is 5.47. The summed E-state index contributed by atoms with van der Waals surface area (Å²) in [6, 6.07) is 12.9. The van der Waals surface area contributed by atoms with Crippen LogP contribution in [0.15, 0.2) is 54.6 Å². The zero-order valence-corrected chi connectivity index (χ0v) is 14.0. The minimum atomic E-state index is -4.82. The van der Waals surface area contributed by atoms with Crippen molar-refractivity contribution in [3.8, 4) is 5.75 Å². The maximum atomic E-state index is 12.4. The largest absolute Gasteiger partial charge is 0.573 e. The predicted octanol–water partition coefficient (Wildman–Crippen LogP) is 3.76. The van der Waals surface area contributed by atoms with E-state index in [-0.39, 0.29) is 11.6 Å². The van der Waals surface area contributed by atoms with Crippen molar-refractivity contribution in [2.45, 2.75) is 31.3 Å². The Balaban J connectivity index is 1.72. The molecule has 27 heavy (non-hydrogen) atoms. The van der Waals surface area contributed by atoms with E-state index in [2.05, 4.69) is 10.1 Å². The number of amides is 1. The van der Waals surface area contributed by atoms with E-state index < -0.39 is 30.1 Å². The molecule has 8 heteroatoms. The lowest BCUT2D eigenvalue weighted by atomic mass is 10.1. The maximum absolute atomic E-state index is 12.4. The molecule has 0 saturated heterocycles. The van der Waals surface area contributed by atoms with Crippen molar-refractivity contribution < 1.29 is 32.2 Å². The highest BCUT2D eigenvalue weighted by Gasteiger charge is 2.32. The SMILES string of the molecule is O=C(O[C@@H](C(=O)NC1CC1)c1ccccc1)c1ccc(OC(F)(F)F)cc1.